The molecular formula is C16H28N2O2. The number of ether oxygens (including phenoxy) is 1. The molecule has 1 heterocycles. The number of hydrogen-bond donors (Lipinski definition) is 1. The van der Waals surface area contributed by atoms with Gasteiger partial charge in [0.1, 0.15) is 6.04 Å². The first-order chi connectivity index (χ1) is 9.78. The summed E-state index contributed by atoms with van der Waals surface area (Å²) in [5.41, 5.74) is 0. The number of fused-ring (bicyclic) bond motifs is 1. The molecular weight excluding hydrogens is 252 g/mol. The molecule has 4 heteroatoms. The summed E-state index contributed by atoms with van der Waals surface area (Å²) in [5.74, 6) is 0.825. The third-order valence-electron chi connectivity index (χ3n) is 5.13. The molecule has 3 rings (SSSR count). The van der Waals surface area contributed by atoms with Gasteiger partial charge in [0, 0.05) is 18.6 Å². The van der Waals surface area contributed by atoms with Gasteiger partial charge < -0.3 is 10.1 Å². The smallest absolute Gasteiger partial charge is 0.324 e. The molecule has 0 bridgehead atoms. The van der Waals surface area contributed by atoms with Crippen molar-refractivity contribution in [3.63, 3.8) is 0 Å². The van der Waals surface area contributed by atoms with Crippen LogP contribution in [0.15, 0.2) is 0 Å². The molecule has 0 spiro atoms. The van der Waals surface area contributed by atoms with E-state index in [2.05, 4.69) is 10.2 Å². The molecule has 4 nitrogen and oxygen atoms in total. The maximum absolute atomic E-state index is 12.1. The summed E-state index contributed by atoms with van der Waals surface area (Å²) in [6, 6.07) is 1.15. The second kappa shape index (κ2) is 6.44. The van der Waals surface area contributed by atoms with Crippen LogP contribution >= 0.6 is 0 Å². The normalized spacial score (nSPS) is 31.9. The van der Waals surface area contributed by atoms with E-state index in [0.717, 1.165) is 25.0 Å². The molecule has 3 atom stereocenters. The lowest BCUT2D eigenvalue weighted by molar-refractivity contribution is -0.146. The van der Waals surface area contributed by atoms with E-state index >= 15 is 0 Å². The van der Waals surface area contributed by atoms with Crippen LogP contribution < -0.4 is 5.32 Å². The molecule has 1 N–H and O–H groups in total. The Morgan fingerprint density at radius 2 is 2.05 bits per heavy atom. The van der Waals surface area contributed by atoms with Crippen molar-refractivity contribution in [2.24, 2.45) is 5.92 Å². The predicted octanol–water partition coefficient (Wildman–Crippen LogP) is 1.93. The largest absolute Gasteiger partial charge is 0.465 e. The molecule has 20 heavy (non-hydrogen) atoms. The van der Waals surface area contributed by atoms with Crippen LogP contribution in [-0.4, -0.2) is 48.7 Å². The van der Waals surface area contributed by atoms with Crippen LogP contribution in [0.25, 0.3) is 0 Å². The molecule has 1 aliphatic heterocycles. The first kappa shape index (κ1) is 14.3. The summed E-state index contributed by atoms with van der Waals surface area (Å²) in [5, 5.41) is 3.48. The van der Waals surface area contributed by atoms with Crippen molar-refractivity contribution in [2.75, 3.05) is 19.7 Å². The van der Waals surface area contributed by atoms with E-state index in [1.165, 1.54) is 44.9 Å². The fourth-order valence-corrected chi connectivity index (χ4v) is 3.94. The first-order valence-corrected chi connectivity index (χ1v) is 8.44. The third kappa shape index (κ3) is 3.34. The van der Waals surface area contributed by atoms with Crippen LogP contribution in [-0.2, 0) is 9.53 Å². The highest BCUT2D eigenvalue weighted by Gasteiger charge is 2.38. The average molecular weight is 280 g/mol. The van der Waals surface area contributed by atoms with Crippen molar-refractivity contribution in [1.29, 1.82) is 0 Å². The van der Waals surface area contributed by atoms with Crippen molar-refractivity contribution in [3.8, 4) is 0 Å². The Balaban J connectivity index is 1.58. The van der Waals surface area contributed by atoms with Gasteiger partial charge in [0.15, 0.2) is 0 Å². The predicted molar refractivity (Wildman–Crippen MR) is 78.5 cm³/mol. The molecule has 3 fully saturated rings. The zero-order chi connectivity index (χ0) is 13.9. The quantitative estimate of drug-likeness (QED) is 0.755. The second-order valence-electron chi connectivity index (χ2n) is 6.64. The van der Waals surface area contributed by atoms with Crippen molar-refractivity contribution < 1.29 is 9.53 Å². The minimum Gasteiger partial charge on any atom is -0.465 e. The van der Waals surface area contributed by atoms with E-state index < -0.39 is 0 Å². The van der Waals surface area contributed by atoms with E-state index in [4.69, 9.17) is 4.74 Å². The molecule has 0 aromatic heterocycles. The lowest BCUT2D eigenvalue weighted by Gasteiger charge is -2.33. The zero-order valence-electron chi connectivity index (χ0n) is 12.6. The van der Waals surface area contributed by atoms with Crippen LogP contribution in [0.2, 0.25) is 0 Å². The number of nitrogens with one attached hydrogen (secondary N) is 1. The molecule has 0 radical (unpaired) electrons. The summed E-state index contributed by atoms with van der Waals surface area (Å²) in [6.07, 6.45) is 9.22. The van der Waals surface area contributed by atoms with Crippen LogP contribution in [0.3, 0.4) is 0 Å². The Morgan fingerprint density at radius 3 is 2.80 bits per heavy atom. The highest BCUT2D eigenvalue weighted by molar-refractivity contribution is 5.76. The minimum absolute atomic E-state index is 0.0568. The van der Waals surface area contributed by atoms with Gasteiger partial charge in [-0.15, -0.1) is 0 Å². The van der Waals surface area contributed by atoms with E-state index in [1.807, 2.05) is 6.92 Å². The van der Waals surface area contributed by atoms with Gasteiger partial charge in [-0.1, -0.05) is 12.8 Å². The van der Waals surface area contributed by atoms with Gasteiger partial charge in [0.25, 0.3) is 0 Å². The minimum atomic E-state index is -0.122. The molecule has 0 aromatic rings. The number of nitrogens with zero attached hydrogens (tertiary/aromatic N) is 1. The van der Waals surface area contributed by atoms with Gasteiger partial charge in [0.05, 0.1) is 6.61 Å². The highest BCUT2D eigenvalue weighted by Crippen LogP contribution is 2.36. The van der Waals surface area contributed by atoms with Gasteiger partial charge in [-0.2, -0.15) is 0 Å². The maximum atomic E-state index is 12.1. The Bertz CT molecular complexity index is 343. The number of esters is 1. The molecule has 2 saturated carbocycles. The third-order valence-corrected chi connectivity index (χ3v) is 5.13. The van der Waals surface area contributed by atoms with E-state index in [9.17, 15) is 4.79 Å². The summed E-state index contributed by atoms with van der Waals surface area (Å²) < 4.78 is 5.25. The van der Waals surface area contributed by atoms with Crippen LogP contribution in [0.4, 0.5) is 0 Å². The molecule has 1 saturated heterocycles. The number of carbonyl (C=O) groups excluding carboxylic acids is 1. The monoisotopic (exact) mass is 280 g/mol. The maximum Gasteiger partial charge on any atom is 0.324 e. The number of rotatable bonds is 6. The van der Waals surface area contributed by atoms with Crippen LogP contribution in [0.1, 0.15) is 51.9 Å². The van der Waals surface area contributed by atoms with E-state index in [1.54, 1.807) is 0 Å². The molecule has 0 amide bonds. The standard InChI is InChI=1S/C16H28N2O2/c1-2-20-16(19)14(17-13-7-8-13)11-18-10-9-12-5-3-4-6-15(12)18/h12-15,17H,2-11H2,1H3. The molecule has 3 unspecified atom stereocenters. The average Bonchev–Trinajstić information content (AvgIpc) is 3.18. The summed E-state index contributed by atoms with van der Waals surface area (Å²) >= 11 is 0. The second-order valence-corrected chi connectivity index (χ2v) is 6.64. The lowest BCUT2D eigenvalue weighted by atomic mass is 9.85. The van der Waals surface area contributed by atoms with Gasteiger partial charge in [-0.05, 0) is 51.5 Å². The van der Waals surface area contributed by atoms with Crippen LogP contribution in [0, 0.1) is 5.92 Å². The van der Waals surface area contributed by atoms with Crippen molar-refractivity contribution in [1.82, 2.24) is 10.2 Å². The lowest BCUT2D eigenvalue weighted by Crippen LogP contribution is -2.49. The van der Waals surface area contributed by atoms with Crippen LogP contribution in [0.5, 0.6) is 0 Å². The molecule has 114 valence electrons. The fraction of sp³-hybridized carbons (Fsp3) is 0.938. The van der Waals surface area contributed by atoms with Crippen molar-refractivity contribution in [3.05, 3.63) is 0 Å². The first-order valence-electron chi connectivity index (χ1n) is 8.44. The Hall–Kier alpha value is -0.610. The van der Waals surface area contributed by atoms with Gasteiger partial charge in [-0.3, -0.25) is 9.69 Å². The molecule has 2 aliphatic carbocycles. The number of likely N-dealkylation sites (tertiary alicyclic amines) is 1. The van der Waals surface area contributed by atoms with Gasteiger partial charge in [0.2, 0.25) is 0 Å². The highest BCUT2D eigenvalue weighted by atomic mass is 16.5. The van der Waals surface area contributed by atoms with E-state index in [0.29, 0.717) is 12.6 Å². The molecule has 0 aromatic carbocycles. The van der Waals surface area contributed by atoms with E-state index in [-0.39, 0.29) is 12.0 Å². The topological polar surface area (TPSA) is 41.6 Å². The number of carbonyl (C=O) groups is 1. The zero-order valence-corrected chi connectivity index (χ0v) is 12.6. The van der Waals surface area contributed by atoms with Gasteiger partial charge >= 0.3 is 5.97 Å². The Labute approximate surface area is 122 Å². The SMILES string of the molecule is CCOC(=O)C(CN1CCC2CCCCC21)NC1CC1. The summed E-state index contributed by atoms with van der Waals surface area (Å²) in [6.45, 7) is 4.38. The molecule has 3 aliphatic rings. The number of hydrogen-bond acceptors (Lipinski definition) is 4. The fourth-order valence-electron chi connectivity index (χ4n) is 3.94. The Morgan fingerprint density at radius 1 is 1.25 bits per heavy atom. The van der Waals surface area contributed by atoms with Crippen molar-refractivity contribution in [2.45, 2.75) is 70.0 Å². The Kier molecular flexibility index (Phi) is 4.61. The summed E-state index contributed by atoms with van der Waals surface area (Å²) in [4.78, 5) is 14.7. The van der Waals surface area contributed by atoms with Crippen molar-refractivity contribution >= 4 is 5.97 Å². The summed E-state index contributed by atoms with van der Waals surface area (Å²) in [7, 11) is 0. The van der Waals surface area contributed by atoms with Gasteiger partial charge in [-0.25, -0.2) is 0 Å².